The molecule has 2 aromatic heterocycles. The minimum Gasteiger partial charge on any atom is -0.463 e. The third kappa shape index (κ3) is 4.03. The lowest BCUT2D eigenvalue weighted by Crippen LogP contribution is -2.46. The van der Waals surface area contributed by atoms with Crippen LogP contribution < -0.4 is 10.6 Å². The number of fused-ring (bicyclic) bond motifs is 3. The number of aromatic amines is 1. The number of thioether (sulfide) groups is 1. The quantitative estimate of drug-likeness (QED) is 0.284. The number of para-hydroxylation sites is 2. The second kappa shape index (κ2) is 8.80. The topological polar surface area (TPSA) is 113 Å². The molecular formula is C22H19ClN6O3S. The van der Waals surface area contributed by atoms with Crippen LogP contribution in [0.2, 0.25) is 5.02 Å². The molecule has 0 saturated heterocycles. The molecule has 0 saturated carbocycles. The average Bonchev–Trinajstić information content (AvgIpc) is 3.37. The lowest BCUT2D eigenvalue weighted by Gasteiger charge is -2.29. The normalized spacial score (nSPS) is 16.2. The first kappa shape index (κ1) is 21.4. The highest BCUT2D eigenvalue weighted by Gasteiger charge is 2.34. The highest BCUT2D eigenvalue weighted by atomic mass is 35.5. The van der Waals surface area contributed by atoms with Crippen molar-refractivity contribution in [2.75, 3.05) is 12.4 Å². The molecule has 2 aromatic carbocycles. The van der Waals surface area contributed by atoms with Crippen LogP contribution in [0.3, 0.4) is 0 Å². The van der Waals surface area contributed by atoms with Crippen LogP contribution in [0.4, 0.5) is 4.79 Å². The Morgan fingerprint density at radius 1 is 1.21 bits per heavy atom. The molecule has 1 aliphatic rings. The van der Waals surface area contributed by atoms with E-state index in [1.165, 1.54) is 11.8 Å². The number of aromatic nitrogens is 4. The van der Waals surface area contributed by atoms with Gasteiger partial charge in [0.1, 0.15) is 0 Å². The number of H-pyrrole nitrogens is 1. The summed E-state index contributed by atoms with van der Waals surface area (Å²) in [6.07, 6.45) is 0. The number of urea groups is 1. The van der Waals surface area contributed by atoms with Gasteiger partial charge in [-0.25, -0.2) is 19.7 Å². The van der Waals surface area contributed by atoms with Gasteiger partial charge in [-0.2, -0.15) is 0 Å². The maximum absolute atomic E-state index is 12.9. The Morgan fingerprint density at radius 3 is 2.79 bits per heavy atom. The van der Waals surface area contributed by atoms with Gasteiger partial charge >= 0.3 is 12.0 Å². The van der Waals surface area contributed by atoms with Crippen molar-refractivity contribution in [3.63, 3.8) is 0 Å². The fourth-order valence-corrected chi connectivity index (χ4v) is 4.81. The number of halogens is 1. The van der Waals surface area contributed by atoms with Crippen molar-refractivity contribution in [1.29, 1.82) is 0 Å². The zero-order chi connectivity index (χ0) is 22.9. The first-order chi connectivity index (χ1) is 16.0. The third-order valence-corrected chi connectivity index (χ3v) is 6.42. The predicted octanol–water partition coefficient (Wildman–Crippen LogP) is 3.83. The largest absolute Gasteiger partial charge is 0.463 e. The van der Waals surface area contributed by atoms with Crippen LogP contribution in [0.25, 0.3) is 16.8 Å². The van der Waals surface area contributed by atoms with Crippen molar-refractivity contribution in [2.24, 2.45) is 0 Å². The van der Waals surface area contributed by atoms with Gasteiger partial charge in [-0.1, -0.05) is 47.6 Å². The molecule has 3 heterocycles. The van der Waals surface area contributed by atoms with Crippen LogP contribution in [0.5, 0.6) is 0 Å². The van der Waals surface area contributed by atoms with Gasteiger partial charge in [0.05, 0.1) is 29.3 Å². The standard InChI is InChI=1S/C22H19ClN6O3S/c1-2-32-19(30)17-15(25-21(31)26-18(17)12-7-9-13(23)10-8-12)11-33-22-28-27-20-24-14-5-3-4-6-16(14)29(20)22/h3-10,18H,2,11H2,1H3,(H,24,27)(H2,25,26,31). The Balaban J connectivity index is 1.52. The van der Waals surface area contributed by atoms with E-state index in [0.29, 0.717) is 27.2 Å². The SMILES string of the molecule is CCOC(=O)C1=C(CSc2n[nH]c3nc4ccccc4n23)NC(=O)NC1c1ccc(Cl)cc1. The van der Waals surface area contributed by atoms with Gasteiger partial charge in [0.25, 0.3) is 0 Å². The molecule has 0 fully saturated rings. The average molecular weight is 483 g/mol. The second-order valence-corrected chi connectivity index (χ2v) is 8.63. The fraction of sp³-hybridized carbons (Fsp3) is 0.182. The summed E-state index contributed by atoms with van der Waals surface area (Å²) in [5.74, 6) is 0.408. The second-order valence-electron chi connectivity index (χ2n) is 7.25. The fourth-order valence-electron chi connectivity index (χ4n) is 3.76. The number of amides is 2. The molecule has 2 amide bonds. The number of imidazole rings is 1. The third-order valence-electron chi connectivity index (χ3n) is 5.20. The first-order valence-corrected chi connectivity index (χ1v) is 11.6. The molecular weight excluding hydrogens is 464 g/mol. The summed E-state index contributed by atoms with van der Waals surface area (Å²) >= 11 is 7.39. The molecule has 0 radical (unpaired) electrons. The maximum Gasteiger partial charge on any atom is 0.338 e. The molecule has 5 rings (SSSR count). The Bertz CT molecular complexity index is 1390. The summed E-state index contributed by atoms with van der Waals surface area (Å²) in [7, 11) is 0. The molecule has 33 heavy (non-hydrogen) atoms. The van der Waals surface area contributed by atoms with Crippen molar-refractivity contribution in [1.82, 2.24) is 30.2 Å². The van der Waals surface area contributed by atoms with Gasteiger partial charge in [-0.3, -0.25) is 4.40 Å². The molecule has 1 atom stereocenters. The van der Waals surface area contributed by atoms with E-state index >= 15 is 0 Å². The minimum atomic E-state index is -0.668. The number of hydrogen-bond acceptors (Lipinski definition) is 6. The van der Waals surface area contributed by atoms with Crippen LogP contribution in [-0.4, -0.2) is 43.9 Å². The number of benzene rings is 2. The van der Waals surface area contributed by atoms with E-state index in [9.17, 15) is 9.59 Å². The van der Waals surface area contributed by atoms with E-state index in [2.05, 4.69) is 25.8 Å². The zero-order valence-corrected chi connectivity index (χ0v) is 19.0. The number of carbonyl (C=O) groups excluding carboxylic acids is 2. The van der Waals surface area contributed by atoms with Gasteiger partial charge in [0.15, 0.2) is 5.16 Å². The lowest BCUT2D eigenvalue weighted by atomic mass is 9.95. The molecule has 0 spiro atoms. The predicted molar refractivity (Wildman–Crippen MR) is 125 cm³/mol. The van der Waals surface area contributed by atoms with Crippen LogP contribution >= 0.6 is 23.4 Å². The summed E-state index contributed by atoms with van der Waals surface area (Å²) in [5, 5.41) is 14.1. The van der Waals surface area contributed by atoms with E-state index in [1.807, 2.05) is 28.7 Å². The van der Waals surface area contributed by atoms with Gasteiger partial charge in [0.2, 0.25) is 5.78 Å². The van der Waals surface area contributed by atoms with Crippen molar-refractivity contribution in [3.8, 4) is 0 Å². The van der Waals surface area contributed by atoms with Crippen LogP contribution in [-0.2, 0) is 9.53 Å². The Morgan fingerprint density at radius 2 is 2.00 bits per heavy atom. The van der Waals surface area contributed by atoms with E-state index in [4.69, 9.17) is 16.3 Å². The molecule has 3 N–H and O–H groups in total. The highest BCUT2D eigenvalue weighted by molar-refractivity contribution is 7.99. The van der Waals surface area contributed by atoms with E-state index in [0.717, 1.165) is 16.6 Å². The zero-order valence-electron chi connectivity index (χ0n) is 17.5. The van der Waals surface area contributed by atoms with Crippen LogP contribution in [0.1, 0.15) is 18.5 Å². The van der Waals surface area contributed by atoms with Crippen molar-refractivity contribution >= 4 is 52.2 Å². The van der Waals surface area contributed by atoms with Crippen LogP contribution in [0.15, 0.2) is 65.0 Å². The van der Waals surface area contributed by atoms with Gasteiger partial charge < -0.3 is 15.4 Å². The Kier molecular flexibility index (Phi) is 5.69. The molecule has 1 unspecified atom stereocenters. The molecule has 11 heteroatoms. The number of nitrogens with zero attached hydrogens (tertiary/aromatic N) is 3. The Hall–Kier alpha value is -3.50. The summed E-state index contributed by atoms with van der Waals surface area (Å²) < 4.78 is 7.22. The molecule has 0 bridgehead atoms. The van der Waals surface area contributed by atoms with Crippen molar-refractivity contribution < 1.29 is 14.3 Å². The van der Waals surface area contributed by atoms with E-state index < -0.39 is 18.0 Å². The number of nitrogens with one attached hydrogen (secondary N) is 3. The molecule has 4 aromatic rings. The summed E-state index contributed by atoms with van der Waals surface area (Å²) in [4.78, 5) is 29.9. The van der Waals surface area contributed by atoms with E-state index in [1.54, 1.807) is 31.2 Å². The highest BCUT2D eigenvalue weighted by Crippen LogP contribution is 2.31. The van der Waals surface area contributed by atoms with E-state index in [-0.39, 0.29) is 12.4 Å². The first-order valence-electron chi connectivity index (χ1n) is 10.2. The Labute approximate surface area is 197 Å². The van der Waals surface area contributed by atoms with Gasteiger partial charge in [0, 0.05) is 16.5 Å². The van der Waals surface area contributed by atoms with Gasteiger partial charge in [-0.05, 0) is 36.8 Å². The maximum atomic E-state index is 12.9. The van der Waals surface area contributed by atoms with Gasteiger partial charge in [-0.15, -0.1) is 5.10 Å². The summed E-state index contributed by atoms with van der Waals surface area (Å²) in [6.45, 7) is 1.95. The summed E-state index contributed by atoms with van der Waals surface area (Å²) in [6, 6.07) is 13.7. The molecule has 1 aliphatic heterocycles. The number of rotatable bonds is 6. The molecule has 0 aliphatic carbocycles. The number of carbonyl (C=O) groups is 2. The minimum absolute atomic E-state index is 0.213. The number of esters is 1. The number of hydrogen-bond donors (Lipinski definition) is 3. The smallest absolute Gasteiger partial charge is 0.338 e. The van der Waals surface area contributed by atoms with Crippen molar-refractivity contribution in [3.05, 3.63) is 70.4 Å². The lowest BCUT2D eigenvalue weighted by molar-refractivity contribution is -0.139. The van der Waals surface area contributed by atoms with Crippen LogP contribution in [0, 0.1) is 0 Å². The summed E-state index contributed by atoms with van der Waals surface area (Å²) in [5.41, 5.74) is 3.29. The van der Waals surface area contributed by atoms with Crippen molar-refractivity contribution in [2.45, 2.75) is 18.1 Å². The molecule has 168 valence electrons. The monoisotopic (exact) mass is 482 g/mol. The number of ether oxygens (including phenoxy) is 1. The molecule has 9 nitrogen and oxygen atoms in total.